The average Bonchev–Trinajstić information content (AvgIpc) is 2.25. The zero-order valence-corrected chi connectivity index (χ0v) is 8.91. The Morgan fingerprint density at radius 2 is 2.00 bits per heavy atom. The second-order valence-electron chi connectivity index (χ2n) is 3.54. The van der Waals surface area contributed by atoms with Gasteiger partial charge in [-0.05, 0) is 18.4 Å². The van der Waals surface area contributed by atoms with Crippen molar-refractivity contribution in [3.05, 3.63) is 42.8 Å². The van der Waals surface area contributed by atoms with Crippen LogP contribution in [0.25, 0.3) is 0 Å². The zero-order chi connectivity index (χ0) is 10.2. The molecule has 1 rings (SSSR count). The van der Waals surface area contributed by atoms with E-state index in [-0.39, 0.29) is 0 Å². The first-order valence-corrected chi connectivity index (χ1v) is 5.22. The first-order chi connectivity index (χ1) is 6.86. The molecular weight excluding hydrogens is 172 g/mol. The highest BCUT2D eigenvalue weighted by Crippen LogP contribution is 2.10. The van der Waals surface area contributed by atoms with E-state index in [0.29, 0.717) is 6.10 Å². The van der Waals surface area contributed by atoms with Gasteiger partial charge in [-0.15, -0.1) is 0 Å². The predicted octanol–water partition coefficient (Wildman–Crippen LogP) is 3.25. The number of unbranched alkanes of at least 4 members (excludes halogenated alkanes) is 1. The lowest BCUT2D eigenvalue weighted by atomic mass is 10.0. The maximum Gasteiger partial charge on any atom is 0.0611 e. The van der Waals surface area contributed by atoms with Crippen LogP contribution in [0.3, 0.4) is 0 Å². The van der Waals surface area contributed by atoms with Crippen molar-refractivity contribution < 1.29 is 4.74 Å². The van der Waals surface area contributed by atoms with Gasteiger partial charge in [0.2, 0.25) is 0 Å². The third kappa shape index (κ3) is 3.93. The van der Waals surface area contributed by atoms with Crippen LogP contribution in [0.5, 0.6) is 0 Å². The van der Waals surface area contributed by atoms with Crippen molar-refractivity contribution in [3.8, 4) is 0 Å². The van der Waals surface area contributed by atoms with Crippen LogP contribution in [0.4, 0.5) is 0 Å². The second kappa shape index (κ2) is 6.61. The van der Waals surface area contributed by atoms with Crippen LogP contribution in [0.2, 0.25) is 0 Å². The van der Waals surface area contributed by atoms with Crippen LogP contribution >= 0.6 is 0 Å². The van der Waals surface area contributed by atoms with Crippen molar-refractivity contribution in [2.45, 2.75) is 31.8 Å². The molecule has 1 unspecified atom stereocenters. The fourth-order valence-corrected chi connectivity index (χ4v) is 1.55. The van der Waals surface area contributed by atoms with Gasteiger partial charge in [-0.2, -0.15) is 0 Å². The molecule has 1 aromatic carbocycles. The largest absolute Gasteiger partial charge is 0.381 e. The van der Waals surface area contributed by atoms with Crippen LogP contribution in [0, 0.1) is 6.92 Å². The molecule has 0 aliphatic rings. The van der Waals surface area contributed by atoms with Crippen molar-refractivity contribution in [2.24, 2.45) is 0 Å². The highest BCUT2D eigenvalue weighted by Gasteiger charge is 2.06. The summed E-state index contributed by atoms with van der Waals surface area (Å²) >= 11 is 0. The molecule has 0 heterocycles. The number of hydrogen-bond donors (Lipinski definition) is 0. The lowest BCUT2D eigenvalue weighted by Gasteiger charge is -2.14. The molecular formula is C13H19O. The average molecular weight is 191 g/mol. The number of benzene rings is 1. The summed E-state index contributed by atoms with van der Waals surface area (Å²) in [4.78, 5) is 0. The molecule has 0 spiro atoms. The lowest BCUT2D eigenvalue weighted by molar-refractivity contribution is 0.0939. The van der Waals surface area contributed by atoms with Crippen LogP contribution in [-0.2, 0) is 11.2 Å². The van der Waals surface area contributed by atoms with E-state index in [1.54, 1.807) is 7.11 Å². The molecule has 77 valence electrons. The summed E-state index contributed by atoms with van der Waals surface area (Å²) in [7, 11) is 1.79. The fourth-order valence-electron chi connectivity index (χ4n) is 1.55. The summed E-state index contributed by atoms with van der Waals surface area (Å²) in [5, 5.41) is 0. The number of hydrogen-bond acceptors (Lipinski definition) is 1. The maximum atomic E-state index is 5.43. The Balaban J connectivity index is 2.40. The van der Waals surface area contributed by atoms with Gasteiger partial charge in [-0.3, -0.25) is 0 Å². The fraction of sp³-hybridized carbons (Fsp3) is 0.462. The standard InChI is InChI=1S/C13H19O/c1-3-4-10-13(14-2)11-12-8-6-5-7-9-12/h5-9,13H,1,3-4,10-11H2,2H3. The van der Waals surface area contributed by atoms with Crippen molar-refractivity contribution in [3.63, 3.8) is 0 Å². The van der Waals surface area contributed by atoms with E-state index < -0.39 is 0 Å². The lowest BCUT2D eigenvalue weighted by Crippen LogP contribution is -2.13. The van der Waals surface area contributed by atoms with Crippen LogP contribution in [0.1, 0.15) is 24.8 Å². The van der Waals surface area contributed by atoms with E-state index in [9.17, 15) is 0 Å². The SMILES string of the molecule is [CH2]CCCC(Cc1ccccc1)OC. The summed E-state index contributed by atoms with van der Waals surface area (Å²) in [5.74, 6) is 0. The molecule has 0 saturated heterocycles. The molecule has 1 atom stereocenters. The van der Waals surface area contributed by atoms with Crippen LogP contribution in [0.15, 0.2) is 30.3 Å². The van der Waals surface area contributed by atoms with Gasteiger partial charge in [0.1, 0.15) is 0 Å². The summed E-state index contributed by atoms with van der Waals surface area (Å²) < 4.78 is 5.43. The molecule has 0 N–H and O–H groups in total. The summed E-state index contributed by atoms with van der Waals surface area (Å²) in [6, 6.07) is 10.5. The van der Waals surface area contributed by atoms with Gasteiger partial charge >= 0.3 is 0 Å². The molecule has 1 radical (unpaired) electrons. The van der Waals surface area contributed by atoms with Gasteiger partial charge in [0.15, 0.2) is 0 Å². The normalized spacial score (nSPS) is 12.7. The number of rotatable bonds is 6. The third-order valence-electron chi connectivity index (χ3n) is 2.42. The minimum Gasteiger partial charge on any atom is -0.381 e. The van der Waals surface area contributed by atoms with Crippen molar-refractivity contribution in [1.29, 1.82) is 0 Å². The minimum atomic E-state index is 0.346. The molecule has 0 aliphatic carbocycles. The quantitative estimate of drug-likeness (QED) is 0.670. The van der Waals surface area contributed by atoms with Gasteiger partial charge in [0.25, 0.3) is 0 Å². The summed E-state index contributed by atoms with van der Waals surface area (Å²) in [5.41, 5.74) is 1.35. The summed E-state index contributed by atoms with van der Waals surface area (Å²) in [6.07, 6.45) is 4.60. The van der Waals surface area contributed by atoms with E-state index in [2.05, 4.69) is 31.2 Å². The second-order valence-corrected chi connectivity index (χ2v) is 3.54. The van der Waals surface area contributed by atoms with E-state index >= 15 is 0 Å². The molecule has 0 fully saturated rings. The first kappa shape index (κ1) is 11.3. The highest BCUT2D eigenvalue weighted by molar-refractivity contribution is 5.15. The predicted molar refractivity (Wildman–Crippen MR) is 60.2 cm³/mol. The molecule has 1 aromatic rings. The van der Waals surface area contributed by atoms with Crippen molar-refractivity contribution in [2.75, 3.05) is 7.11 Å². The molecule has 1 nitrogen and oxygen atoms in total. The highest BCUT2D eigenvalue weighted by atomic mass is 16.5. The Bertz CT molecular complexity index is 230. The van der Waals surface area contributed by atoms with Crippen LogP contribution in [-0.4, -0.2) is 13.2 Å². The first-order valence-electron chi connectivity index (χ1n) is 5.22. The van der Waals surface area contributed by atoms with Gasteiger partial charge < -0.3 is 4.74 Å². The van der Waals surface area contributed by atoms with Gasteiger partial charge in [0, 0.05) is 7.11 Å². The van der Waals surface area contributed by atoms with Crippen LogP contribution < -0.4 is 0 Å². The Hall–Kier alpha value is -0.820. The van der Waals surface area contributed by atoms with Crippen molar-refractivity contribution >= 4 is 0 Å². The number of methoxy groups -OCH3 is 1. The van der Waals surface area contributed by atoms with E-state index in [0.717, 1.165) is 25.7 Å². The third-order valence-corrected chi connectivity index (χ3v) is 2.42. The van der Waals surface area contributed by atoms with Crippen molar-refractivity contribution in [1.82, 2.24) is 0 Å². The molecule has 0 aromatic heterocycles. The van der Waals surface area contributed by atoms with E-state index in [1.165, 1.54) is 5.56 Å². The van der Waals surface area contributed by atoms with Gasteiger partial charge in [-0.1, -0.05) is 50.1 Å². The Morgan fingerprint density at radius 1 is 1.29 bits per heavy atom. The molecule has 1 heteroatoms. The van der Waals surface area contributed by atoms with E-state index in [1.807, 2.05) is 6.07 Å². The molecule has 0 bridgehead atoms. The molecule has 0 aliphatic heterocycles. The number of ether oxygens (including phenoxy) is 1. The topological polar surface area (TPSA) is 9.23 Å². The van der Waals surface area contributed by atoms with Gasteiger partial charge in [-0.25, -0.2) is 0 Å². The molecule has 0 saturated carbocycles. The molecule has 0 amide bonds. The summed E-state index contributed by atoms with van der Waals surface area (Å²) in [6.45, 7) is 3.84. The molecule has 14 heavy (non-hydrogen) atoms. The minimum absolute atomic E-state index is 0.346. The Morgan fingerprint density at radius 3 is 2.57 bits per heavy atom. The Labute approximate surface area is 87.1 Å². The van der Waals surface area contributed by atoms with Gasteiger partial charge in [0.05, 0.1) is 6.10 Å². The smallest absolute Gasteiger partial charge is 0.0611 e. The van der Waals surface area contributed by atoms with E-state index in [4.69, 9.17) is 4.74 Å². The monoisotopic (exact) mass is 191 g/mol. The Kier molecular flexibility index (Phi) is 5.31. The zero-order valence-electron chi connectivity index (χ0n) is 8.91. The maximum absolute atomic E-state index is 5.43.